The first-order chi connectivity index (χ1) is 10.1. The highest BCUT2D eigenvalue weighted by atomic mass is 19.1. The Morgan fingerprint density at radius 1 is 1.19 bits per heavy atom. The van der Waals surface area contributed by atoms with Crippen molar-refractivity contribution < 1.29 is 4.39 Å². The smallest absolute Gasteiger partial charge is 0.124 e. The second-order valence-electron chi connectivity index (χ2n) is 6.49. The number of rotatable bonds is 3. The summed E-state index contributed by atoms with van der Waals surface area (Å²) in [6.07, 6.45) is 7.91. The number of hydrogen-bond donors (Lipinski definition) is 2. The Hall–Kier alpha value is -1.42. The molecule has 1 saturated heterocycles. The molecule has 2 atom stereocenters. The summed E-state index contributed by atoms with van der Waals surface area (Å²) < 4.78 is 13.7. The highest BCUT2D eigenvalue weighted by Gasteiger charge is 2.32. The summed E-state index contributed by atoms with van der Waals surface area (Å²) >= 11 is 0. The molecule has 0 aromatic heterocycles. The molecule has 114 valence electrons. The zero-order chi connectivity index (χ0) is 14.8. The van der Waals surface area contributed by atoms with Crippen LogP contribution in [0.4, 0.5) is 4.39 Å². The van der Waals surface area contributed by atoms with Crippen LogP contribution in [0.25, 0.3) is 0 Å². The first-order valence-electron chi connectivity index (χ1n) is 8.01. The van der Waals surface area contributed by atoms with Gasteiger partial charge in [0.05, 0.1) is 0 Å². The molecule has 0 radical (unpaired) electrons. The van der Waals surface area contributed by atoms with Crippen LogP contribution in [0.3, 0.4) is 0 Å². The van der Waals surface area contributed by atoms with Gasteiger partial charge in [0.25, 0.3) is 0 Å². The standard InChI is InChI=1S/C17H24FN3/c18-15-9-12(8-14(10-15)17(19)20)11-21-7-3-5-13-4-1-2-6-16(13)21/h8-10,13,16H,1-7,11H2,(H3,19,20)/t13-,16-/m1/s1. The van der Waals surface area contributed by atoms with E-state index < -0.39 is 0 Å². The highest BCUT2D eigenvalue weighted by molar-refractivity contribution is 5.95. The van der Waals surface area contributed by atoms with Gasteiger partial charge in [-0.1, -0.05) is 12.8 Å². The van der Waals surface area contributed by atoms with Crippen molar-refractivity contribution in [3.05, 3.63) is 35.1 Å². The van der Waals surface area contributed by atoms with Crippen LogP contribution in [-0.4, -0.2) is 23.3 Å². The molecule has 21 heavy (non-hydrogen) atoms. The van der Waals surface area contributed by atoms with Gasteiger partial charge in [0, 0.05) is 18.2 Å². The Balaban J connectivity index is 1.77. The molecule has 0 bridgehead atoms. The summed E-state index contributed by atoms with van der Waals surface area (Å²) in [6, 6.07) is 5.44. The molecular weight excluding hydrogens is 265 g/mol. The third-order valence-electron chi connectivity index (χ3n) is 5.01. The maximum Gasteiger partial charge on any atom is 0.124 e. The van der Waals surface area contributed by atoms with Crippen molar-refractivity contribution >= 4 is 5.84 Å². The number of amidine groups is 1. The molecule has 1 heterocycles. The van der Waals surface area contributed by atoms with Crippen molar-refractivity contribution in [3.63, 3.8) is 0 Å². The van der Waals surface area contributed by atoms with Gasteiger partial charge >= 0.3 is 0 Å². The SMILES string of the molecule is N=C(N)c1cc(F)cc(CN2CCC[C@H]3CCCC[C@H]32)c1. The second-order valence-corrected chi connectivity index (χ2v) is 6.49. The minimum absolute atomic E-state index is 0.0649. The van der Waals surface area contributed by atoms with Crippen molar-refractivity contribution in [2.45, 2.75) is 51.1 Å². The third-order valence-corrected chi connectivity index (χ3v) is 5.01. The first kappa shape index (κ1) is 14.5. The number of piperidine rings is 1. The van der Waals surface area contributed by atoms with Crippen LogP contribution < -0.4 is 5.73 Å². The molecule has 1 saturated carbocycles. The van der Waals surface area contributed by atoms with Crippen molar-refractivity contribution in [3.8, 4) is 0 Å². The van der Waals surface area contributed by atoms with E-state index in [1.165, 1.54) is 44.6 Å². The number of nitrogens with zero attached hydrogens (tertiary/aromatic N) is 1. The molecule has 1 aromatic carbocycles. The van der Waals surface area contributed by atoms with E-state index in [1.807, 2.05) is 6.07 Å². The molecule has 1 aliphatic heterocycles. The van der Waals surface area contributed by atoms with E-state index in [0.29, 0.717) is 11.6 Å². The number of nitrogens with one attached hydrogen (secondary N) is 1. The Morgan fingerprint density at radius 3 is 2.76 bits per heavy atom. The molecule has 3 N–H and O–H groups in total. The number of fused-ring (bicyclic) bond motifs is 1. The molecule has 1 aliphatic carbocycles. The maximum absolute atomic E-state index is 13.7. The lowest BCUT2D eigenvalue weighted by Crippen LogP contribution is -2.46. The fourth-order valence-corrected chi connectivity index (χ4v) is 4.06. The lowest BCUT2D eigenvalue weighted by molar-refractivity contribution is 0.0546. The minimum Gasteiger partial charge on any atom is -0.384 e. The summed E-state index contributed by atoms with van der Waals surface area (Å²) in [6.45, 7) is 1.88. The van der Waals surface area contributed by atoms with E-state index in [0.717, 1.165) is 24.6 Å². The Labute approximate surface area is 125 Å². The van der Waals surface area contributed by atoms with Crippen molar-refractivity contribution in [2.24, 2.45) is 11.7 Å². The normalized spacial score (nSPS) is 26.3. The summed E-state index contributed by atoms with van der Waals surface area (Å²) in [5.41, 5.74) is 6.92. The van der Waals surface area contributed by atoms with Crippen LogP contribution in [0.2, 0.25) is 0 Å². The summed E-state index contributed by atoms with van der Waals surface area (Å²) in [4.78, 5) is 2.52. The molecule has 3 nitrogen and oxygen atoms in total. The zero-order valence-electron chi connectivity index (χ0n) is 12.4. The van der Waals surface area contributed by atoms with Gasteiger partial charge in [0.2, 0.25) is 0 Å². The summed E-state index contributed by atoms with van der Waals surface area (Å²) in [7, 11) is 0. The van der Waals surface area contributed by atoms with Crippen LogP contribution >= 0.6 is 0 Å². The average Bonchev–Trinajstić information content (AvgIpc) is 2.47. The Morgan fingerprint density at radius 2 is 1.95 bits per heavy atom. The van der Waals surface area contributed by atoms with Crippen LogP contribution in [0.5, 0.6) is 0 Å². The Kier molecular flexibility index (Phi) is 4.24. The zero-order valence-corrected chi connectivity index (χ0v) is 12.4. The van der Waals surface area contributed by atoms with Gasteiger partial charge in [-0.3, -0.25) is 10.3 Å². The van der Waals surface area contributed by atoms with Crippen molar-refractivity contribution in [2.75, 3.05) is 6.54 Å². The van der Waals surface area contributed by atoms with E-state index >= 15 is 0 Å². The van der Waals surface area contributed by atoms with Crippen LogP contribution in [0.1, 0.15) is 49.7 Å². The number of likely N-dealkylation sites (tertiary alicyclic amines) is 1. The predicted molar refractivity (Wildman–Crippen MR) is 82.8 cm³/mol. The quantitative estimate of drug-likeness (QED) is 0.663. The number of nitrogens with two attached hydrogens (primary N) is 1. The van der Waals surface area contributed by atoms with Crippen LogP contribution in [-0.2, 0) is 6.54 Å². The van der Waals surface area contributed by atoms with Crippen molar-refractivity contribution in [1.29, 1.82) is 5.41 Å². The van der Waals surface area contributed by atoms with Gasteiger partial charge in [-0.25, -0.2) is 4.39 Å². The fraction of sp³-hybridized carbons (Fsp3) is 0.588. The Bertz CT molecular complexity index is 527. The van der Waals surface area contributed by atoms with E-state index in [4.69, 9.17) is 11.1 Å². The van der Waals surface area contributed by atoms with Gasteiger partial charge in [-0.2, -0.15) is 0 Å². The summed E-state index contributed by atoms with van der Waals surface area (Å²) in [5, 5.41) is 7.49. The minimum atomic E-state index is -0.296. The van der Waals surface area contributed by atoms with Gasteiger partial charge in [0.15, 0.2) is 0 Å². The number of nitrogen functional groups attached to an aromatic ring is 1. The molecule has 2 aliphatic rings. The molecule has 4 heteroatoms. The molecule has 3 rings (SSSR count). The van der Waals surface area contributed by atoms with Gasteiger partial charge in [-0.15, -0.1) is 0 Å². The van der Waals surface area contributed by atoms with Crippen molar-refractivity contribution in [1.82, 2.24) is 4.90 Å². The van der Waals surface area contributed by atoms with E-state index in [-0.39, 0.29) is 11.7 Å². The van der Waals surface area contributed by atoms with Gasteiger partial charge in [0.1, 0.15) is 11.7 Å². The average molecular weight is 289 g/mol. The molecule has 0 amide bonds. The predicted octanol–water partition coefficient (Wildman–Crippen LogP) is 3.26. The number of halogens is 1. The molecule has 2 fully saturated rings. The van der Waals surface area contributed by atoms with Gasteiger partial charge in [-0.05, 0) is 61.9 Å². The lowest BCUT2D eigenvalue weighted by Gasteiger charge is -2.44. The van der Waals surface area contributed by atoms with E-state index in [9.17, 15) is 4.39 Å². The maximum atomic E-state index is 13.7. The molecule has 0 spiro atoms. The molecular formula is C17H24FN3. The summed E-state index contributed by atoms with van der Waals surface area (Å²) in [5.74, 6) is 0.466. The van der Waals surface area contributed by atoms with Gasteiger partial charge < -0.3 is 5.73 Å². The highest BCUT2D eigenvalue weighted by Crippen LogP contribution is 2.36. The monoisotopic (exact) mass is 289 g/mol. The third kappa shape index (κ3) is 3.26. The topological polar surface area (TPSA) is 53.1 Å². The number of benzene rings is 1. The fourth-order valence-electron chi connectivity index (χ4n) is 4.06. The lowest BCUT2D eigenvalue weighted by atomic mass is 9.78. The number of hydrogen-bond acceptors (Lipinski definition) is 2. The largest absolute Gasteiger partial charge is 0.384 e. The van der Waals surface area contributed by atoms with E-state index in [2.05, 4.69) is 4.90 Å². The second kappa shape index (κ2) is 6.14. The first-order valence-corrected chi connectivity index (χ1v) is 8.01. The van der Waals surface area contributed by atoms with E-state index in [1.54, 1.807) is 6.07 Å². The molecule has 1 aromatic rings. The molecule has 0 unspecified atom stereocenters. The van der Waals surface area contributed by atoms with Crippen LogP contribution in [0.15, 0.2) is 18.2 Å². The van der Waals surface area contributed by atoms with Crippen LogP contribution in [0, 0.1) is 17.1 Å².